The molecule has 2 atom stereocenters. The summed E-state index contributed by atoms with van der Waals surface area (Å²) in [5.74, 6) is -2.04. The Hall–Kier alpha value is -2.85. The highest BCUT2D eigenvalue weighted by Crippen LogP contribution is 2.31. The van der Waals surface area contributed by atoms with Crippen molar-refractivity contribution in [3.8, 4) is 16.3 Å². The summed E-state index contributed by atoms with van der Waals surface area (Å²) < 4.78 is 20.8. The second-order valence-corrected chi connectivity index (χ2v) is 11.1. The summed E-state index contributed by atoms with van der Waals surface area (Å²) in [6.45, 7) is 1.99. The number of carbonyl (C=O) groups excluding carboxylic acids is 2. The van der Waals surface area contributed by atoms with Crippen LogP contribution >= 0.6 is 22.9 Å². The summed E-state index contributed by atoms with van der Waals surface area (Å²) in [5, 5.41) is 13.8. The number of Topliss-reactive ketones (excluding diaryl/α,β-unsaturated/α-hetero) is 1. The van der Waals surface area contributed by atoms with Crippen molar-refractivity contribution in [2.75, 3.05) is 19.6 Å². The Balaban J connectivity index is 1.30. The van der Waals surface area contributed by atoms with Crippen LogP contribution < -0.4 is 10.1 Å². The maximum absolute atomic E-state index is 14.6. The molecule has 1 aromatic carbocycles. The minimum Gasteiger partial charge on any atom is -0.487 e. The van der Waals surface area contributed by atoms with E-state index in [0.717, 1.165) is 43.6 Å². The number of hydrogen-bond donors (Lipinski definition) is 2. The van der Waals surface area contributed by atoms with E-state index in [1.807, 2.05) is 6.07 Å². The number of nitrogens with one attached hydrogen (secondary N) is 1. The van der Waals surface area contributed by atoms with Gasteiger partial charge in [-0.15, -0.1) is 11.3 Å². The molecule has 10 heteroatoms. The van der Waals surface area contributed by atoms with E-state index in [1.165, 1.54) is 35.7 Å². The van der Waals surface area contributed by atoms with Crippen molar-refractivity contribution in [2.24, 2.45) is 0 Å². The molecule has 5 rings (SSSR count). The van der Waals surface area contributed by atoms with Gasteiger partial charge in [-0.2, -0.15) is 0 Å². The van der Waals surface area contributed by atoms with Gasteiger partial charge in [0.1, 0.15) is 6.10 Å². The van der Waals surface area contributed by atoms with Gasteiger partial charge in [0.2, 0.25) is 0 Å². The van der Waals surface area contributed by atoms with Crippen LogP contribution in [-0.4, -0.2) is 58.5 Å². The number of aliphatic hydroxyl groups excluding tert-OH is 1. The number of likely N-dealkylation sites (tertiary alicyclic amines) is 1. The van der Waals surface area contributed by atoms with Crippen molar-refractivity contribution in [3.05, 3.63) is 69.9 Å². The Kier molecular flexibility index (Phi) is 7.85. The smallest absolute Gasteiger partial charge is 0.292 e. The van der Waals surface area contributed by atoms with Crippen LogP contribution in [0.3, 0.4) is 0 Å². The van der Waals surface area contributed by atoms with Gasteiger partial charge in [0.15, 0.2) is 11.6 Å². The second kappa shape index (κ2) is 11.3. The fourth-order valence-electron chi connectivity index (χ4n) is 4.35. The largest absolute Gasteiger partial charge is 0.487 e. The number of halogens is 2. The van der Waals surface area contributed by atoms with Crippen LogP contribution in [0.15, 0.2) is 48.7 Å². The highest BCUT2D eigenvalue weighted by molar-refractivity contribution is 7.19. The summed E-state index contributed by atoms with van der Waals surface area (Å²) in [5.41, 5.74) is 1.08. The lowest BCUT2D eigenvalue weighted by atomic mass is 10.0. The van der Waals surface area contributed by atoms with E-state index >= 15 is 0 Å². The molecule has 2 aromatic heterocycles. The molecule has 3 heterocycles. The third kappa shape index (κ3) is 6.35. The number of thiophene rings is 1. The number of pyridine rings is 1. The molecular weight excluding hydrogens is 517 g/mol. The first-order valence-corrected chi connectivity index (χ1v) is 13.5. The summed E-state index contributed by atoms with van der Waals surface area (Å²) >= 11 is 7.35. The van der Waals surface area contributed by atoms with Gasteiger partial charge in [0.25, 0.3) is 11.7 Å². The predicted octanol–water partition coefficient (Wildman–Crippen LogP) is 4.64. The highest BCUT2D eigenvalue weighted by atomic mass is 35.5. The quantitative estimate of drug-likeness (QED) is 0.286. The third-order valence-electron chi connectivity index (χ3n) is 6.52. The fraction of sp³-hybridized carbons (Fsp3) is 0.370. The van der Waals surface area contributed by atoms with Gasteiger partial charge in [-0.3, -0.25) is 14.6 Å². The van der Waals surface area contributed by atoms with Crippen LogP contribution in [0.4, 0.5) is 4.39 Å². The molecule has 1 saturated heterocycles. The monoisotopic (exact) mass is 543 g/mol. The Bertz CT molecular complexity index is 1270. The van der Waals surface area contributed by atoms with E-state index in [9.17, 15) is 19.1 Å². The van der Waals surface area contributed by atoms with Crippen molar-refractivity contribution in [2.45, 2.75) is 43.9 Å². The number of nitrogens with zero attached hydrogens (tertiary/aromatic N) is 2. The summed E-state index contributed by atoms with van der Waals surface area (Å²) in [7, 11) is 0. The molecule has 3 aromatic rings. The van der Waals surface area contributed by atoms with Crippen LogP contribution in [-0.2, 0) is 4.79 Å². The second-order valence-electron chi connectivity index (χ2n) is 9.40. The number of carbonyl (C=O) groups is 2. The van der Waals surface area contributed by atoms with E-state index < -0.39 is 29.7 Å². The van der Waals surface area contributed by atoms with Crippen molar-refractivity contribution in [3.63, 3.8) is 0 Å². The Labute approximate surface area is 223 Å². The van der Waals surface area contributed by atoms with Gasteiger partial charge >= 0.3 is 0 Å². The molecule has 1 aliphatic heterocycles. The van der Waals surface area contributed by atoms with E-state index in [0.29, 0.717) is 22.1 Å². The van der Waals surface area contributed by atoms with Crippen LogP contribution in [0.5, 0.6) is 5.75 Å². The maximum atomic E-state index is 14.6. The topological polar surface area (TPSA) is 91.8 Å². The highest BCUT2D eigenvalue weighted by Gasteiger charge is 2.30. The van der Waals surface area contributed by atoms with Crippen molar-refractivity contribution in [1.82, 2.24) is 15.2 Å². The third-order valence-corrected chi connectivity index (χ3v) is 7.78. The molecule has 0 unspecified atom stereocenters. The SMILES string of the molecule is O=C(N[C@H](CN1CCCC1)[C@H](O)c1ccc(OC2CC2)c(F)c1)C(=O)c1ccc(-c2ccc(Cl)s2)nc1. The Morgan fingerprint density at radius 1 is 1.19 bits per heavy atom. The number of rotatable bonds is 10. The number of amides is 1. The van der Waals surface area contributed by atoms with Crippen LogP contribution in [0, 0.1) is 5.82 Å². The fourth-order valence-corrected chi connectivity index (χ4v) is 5.37. The zero-order valence-electron chi connectivity index (χ0n) is 20.0. The maximum Gasteiger partial charge on any atom is 0.292 e. The van der Waals surface area contributed by atoms with Gasteiger partial charge in [-0.25, -0.2) is 4.39 Å². The number of ketones is 1. The first-order chi connectivity index (χ1) is 17.9. The molecule has 1 aliphatic carbocycles. The van der Waals surface area contributed by atoms with Gasteiger partial charge in [0, 0.05) is 18.3 Å². The molecule has 2 N–H and O–H groups in total. The number of hydrogen-bond acceptors (Lipinski definition) is 7. The van der Waals surface area contributed by atoms with Crippen LogP contribution in [0.2, 0.25) is 4.34 Å². The Morgan fingerprint density at radius 2 is 1.97 bits per heavy atom. The standard InChI is InChI=1S/C27H27ClFN3O4S/c28-24-10-9-23(37-24)20-7-3-17(14-30-20)26(34)27(35)31-21(15-32-11-1-2-12-32)25(33)16-4-8-22(19(29)13-16)36-18-5-6-18/h3-4,7-10,13-14,18,21,25,33H,1-2,5-6,11-12,15H2,(H,31,35)/t21-,25-/m1/s1. The van der Waals surface area contributed by atoms with Gasteiger partial charge in [-0.1, -0.05) is 17.7 Å². The summed E-state index contributed by atoms with van der Waals surface area (Å²) in [4.78, 5) is 33.1. The molecular formula is C27H27ClFN3O4S. The lowest BCUT2D eigenvalue weighted by molar-refractivity contribution is -0.118. The van der Waals surface area contributed by atoms with E-state index in [1.54, 1.807) is 18.2 Å². The molecule has 0 radical (unpaired) electrons. The normalized spacial score (nSPS) is 17.4. The zero-order valence-corrected chi connectivity index (χ0v) is 21.6. The van der Waals surface area contributed by atoms with E-state index in [4.69, 9.17) is 16.3 Å². The van der Waals surface area contributed by atoms with E-state index in [-0.39, 0.29) is 17.4 Å². The number of benzene rings is 1. The van der Waals surface area contributed by atoms with E-state index in [2.05, 4.69) is 15.2 Å². The molecule has 7 nitrogen and oxygen atoms in total. The minimum absolute atomic E-state index is 0.0464. The lowest BCUT2D eigenvalue weighted by Gasteiger charge is -2.28. The van der Waals surface area contributed by atoms with Crippen LogP contribution in [0.1, 0.15) is 47.7 Å². The molecule has 2 aliphatic rings. The first-order valence-electron chi connectivity index (χ1n) is 12.3. The molecule has 0 spiro atoms. The number of aliphatic hydroxyl groups is 1. The van der Waals surface area contributed by atoms with Gasteiger partial charge < -0.3 is 20.1 Å². The van der Waals surface area contributed by atoms with Gasteiger partial charge in [-0.05, 0) is 80.7 Å². The predicted molar refractivity (Wildman–Crippen MR) is 140 cm³/mol. The molecule has 37 heavy (non-hydrogen) atoms. The summed E-state index contributed by atoms with van der Waals surface area (Å²) in [6, 6.07) is 10.3. The lowest BCUT2D eigenvalue weighted by Crippen LogP contribution is -2.48. The average molecular weight is 544 g/mol. The number of aromatic nitrogens is 1. The molecule has 194 valence electrons. The van der Waals surface area contributed by atoms with Crippen molar-refractivity contribution in [1.29, 1.82) is 0 Å². The zero-order chi connectivity index (χ0) is 25.9. The Morgan fingerprint density at radius 3 is 2.59 bits per heavy atom. The average Bonchev–Trinajstić information content (AvgIpc) is 3.36. The van der Waals surface area contributed by atoms with Crippen molar-refractivity contribution < 1.29 is 23.8 Å². The minimum atomic E-state index is -1.22. The van der Waals surface area contributed by atoms with Gasteiger partial charge in [0.05, 0.1) is 27.1 Å². The molecule has 2 fully saturated rings. The number of ether oxygens (including phenoxy) is 1. The summed E-state index contributed by atoms with van der Waals surface area (Å²) in [6.07, 6.45) is 4.03. The first kappa shape index (κ1) is 25.8. The van der Waals surface area contributed by atoms with Crippen molar-refractivity contribution >= 4 is 34.6 Å². The molecule has 1 saturated carbocycles. The molecule has 0 bridgehead atoms. The van der Waals surface area contributed by atoms with Crippen LogP contribution in [0.25, 0.3) is 10.6 Å². The molecule has 1 amide bonds.